The topological polar surface area (TPSA) is 54.8 Å². The normalized spacial score (nSPS) is 17.5. The van der Waals surface area contributed by atoms with Gasteiger partial charge in [-0.15, -0.1) is 0 Å². The minimum Gasteiger partial charge on any atom is -0.370 e. The highest BCUT2D eigenvalue weighted by Gasteiger charge is 2.32. The molecule has 0 spiro atoms. The number of urea groups is 1. The number of hydrogen-bond donors (Lipinski definition) is 3. The zero-order chi connectivity index (χ0) is 17.5. The molecule has 0 unspecified atom stereocenters. The number of quaternary nitrogens is 1. The van der Waals surface area contributed by atoms with E-state index in [0.717, 1.165) is 32.0 Å². The molecular formula is C20H26N3O2+. The molecule has 2 amide bonds. The van der Waals surface area contributed by atoms with E-state index in [9.17, 15) is 4.79 Å². The van der Waals surface area contributed by atoms with E-state index in [1.807, 2.05) is 36.4 Å². The monoisotopic (exact) mass is 340 g/mol. The Morgan fingerprint density at radius 2 is 1.60 bits per heavy atom. The van der Waals surface area contributed by atoms with Crippen molar-refractivity contribution in [2.45, 2.75) is 19.0 Å². The van der Waals surface area contributed by atoms with Gasteiger partial charge in [0.1, 0.15) is 19.1 Å². The van der Waals surface area contributed by atoms with Crippen molar-refractivity contribution in [1.29, 1.82) is 0 Å². The lowest BCUT2D eigenvalue weighted by Gasteiger charge is -2.35. The molecule has 1 saturated heterocycles. The maximum Gasteiger partial charge on any atom is 0.319 e. The van der Waals surface area contributed by atoms with Crippen molar-refractivity contribution in [3.63, 3.8) is 0 Å². The van der Waals surface area contributed by atoms with Crippen LogP contribution in [0.15, 0.2) is 60.7 Å². The van der Waals surface area contributed by atoms with Crippen molar-refractivity contribution >= 4 is 11.7 Å². The Labute approximate surface area is 149 Å². The van der Waals surface area contributed by atoms with E-state index in [2.05, 4.69) is 41.8 Å². The summed E-state index contributed by atoms with van der Waals surface area (Å²) in [5.41, 5.74) is 2.04. The maximum absolute atomic E-state index is 12.4. The number of amides is 2. The molecular weight excluding hydrogens is 314 g/mol. The molecule has 132 valence electrons. The van der Waals surface area contributed by atoms with E-state index in [4.69, 9.17) is 4.74 Å². The summed E-state index contributed by atoms with van der Waals surface area (Å²) in [7, 11) is 0. The zero-order valence-electron chi connectivity index (χ0n) is 14.6. The second-order valence-corrected chi connectivity index (χ2v) is 6.41. The first-order valence-electron chi connectivity index (χ1n) is 8.84. The third-order valence-electron chi connectivity index (χ3n) is 4.62. The molecule has 3 rings (SSSR count). The number of anilines is 1. The Morgan fingerprint density at radius 3 is 2.24 bits per heavy atom. The smallest absolute Gasteiger partial charge is 0.319 e. The van der Waals surface area contributed by atoms with Crippen molar-refractivity contribution in [2.75, 3.05) is 31.6 Å². The quantitative estimate of drug-likeness (QED) is 0.778. The summed E-state index contributed by atoms with van der Waals surface area (Å²) in [5, 5.41) is 6.01. The number of para-hydroxylation sites is 1. The molecule has 1 aliphatic heterocycles. The van der Waals surface area contributed by atoms with Crippen LogP contribution in [0.2, 0.25) is 0 Å². The lowest BCUT2D eigenvalue weighted by Crippen LogP contribution is -3.15. The van der Waals surface area contributed by atoms with Crippen LogP contribution in [0.4, 0.5) is 10.5 Å². The van der Waals surface area contributed by atoms with Gasteiger partial charge in [0.2, 0.25) is 0 Å². The fourth-order valence-corrected chi connectivity index (χ4v) is 3.46. The molecule has 2 aromatic carbocycles. The molecule has 5 nitrogen and oxygen atoms in total. The van der Waals surface area contributed by atoms with Crippen LogP contribution in [0.25, 0.3) is 0 Å². The summed E-state index contributed by atoms with van der Waals surface area (Å²) < 4.78 is 5.51. The molecule has 25 heavy (non-hydrogen) atoms. The number of rotatable bonds is 5. The number of carbonyl (C=O) groups excluding carboxylic acids is 1. The van der Waals surface area contributed by atoms with Crippen molar-refractivity contribution in [3.05, 3.63) is 66.2 Å². The maximum atomic E-state index is 12.4. The second-order valence-electron chi connectivity index (χ2n) is 6.41. The van der Waals surface area contributed by atoms with E-state index in [1.54, 1.807) is 0 Å². The predicted molar refractivity (Wildman–Crippen MR) is 98.8 cm³/mol. The molecule has 1 heterocycles. The number of morpholine rings is 1. The first-order chi connectivity index (χ1) is 12.2. The number of nitrogens with one attached hydrogen (secondary N) is 3. The lowest BCUT2D eigenvalue weighted by atomic mass is 9.98. The summed E-state index contributed by atoms with van der Waals surface area (Å²) in [6.45, 7) is 5.51. The highest BCUT2D eigenvalue weighted by atomic mass is 16.5. The lowest BCUT2D eigenvalue weighted by molar-refractivity contribution is -0.940. The van der Waals surface area contributed by atoms with Crippen molar-refractivity contribution in [2.24, 2.45) is 0 Å². The summed E-state index contributed by atoms with van der Waals surface area (Å²) in [6, 6.07) is 19.9. The van der Waals surface area contributed by atoms with Gasteiger partial charge in [-0.25, -0.2) is 4.79 Å². The van der Waals surface area contributed by atoms with E-state index < -0.39 is 0 Å². The minimum absolute atomic E-state index is 0.000729. The van der Waals surface area contributed by atoms with Gasteiger partial charge in [0.05, 0.1) is 19.3 Å². The number of benzene rings is 2. The number of ether oxygens (including phenoxy) is 1. The van der Waals surface area contributed by atoms with Gasteiger partial charge in [0.25, 0.3) is 0 Å². The molecule has 1 aliphatic rings. The Hall–Kier alpha value is -2.37. The standard InChI is InChI=1S/C20H25N3O2/c1-16(21-20(24)22-18-10-6-3-7-11-18)19(17-8-4-2-5-9-17)23-12-14-25-15-13-23/h2-11,16,19H,12-15H2,1H3,(H2,21,22,24)/p+1/t16-,19-/m1/s1. The van der Waals surface area contributed by atoms with Gasteiger partial charge in [-0.05, 0) is 19.1 Å². The van der Waals surface area contributed by atoms with Gasteiger partial charge in [-0.3, -0.25) is 0 Å². The van der Waals surface area contributed by atoms with Crippen LogP contribution in [-0.4, -0.2) is 38.4 Å². The first kappa shape index (κ1) is 17.5. The van der Waals surface area contributed by atoms with Gasteiger partial charge in [0.15, 0.2) is 0 Å². The van der Waals surface area contributed by atoms with Gasteiger partial charge < -0.3 is 20.3 Å². The summed E-state index contributed by atoms with van der Waals surface area (Å²) in [4.78, 5) is 13.8. The SMILES string of the molecule is C[C@@H](NC(=O)Nc1ccccc1)[C@H](c1ccccc1)[NH+]1CCOCC1. The first-order valence-corrected chi connectivity index (χ1v) is 8.84. The average Bonchev–Trinajstić information content (AvgIpc) is 2.64. The summed E-state index contributed by atoms with van der Waals surface area (Å²) in [5.74, 6) is 0. The minimum atomic E-state index is -0.174. The van der Waals surface area contributed by atoms with Crippen LogP contribution in [-0.2, 0) is 4.74 Å². The molecule has 0 aliphatic carbocycles. The third-order valence-corrected chi connectivity index (χ3v) is 4.62. The van der Waals surface area contributed by atoms with E-state index in [1.165, 1.54) is 10.5 Å². The van der Waals surface area contributed by atoms with Crippen LogP contribution < -0.4 is 15.5 Å². The van der Waals surface area contributed by atoms with Crippen LogP contribution in [0.5, 0.6) is 0 Å². The predicted octanol–water partition coefficient (Wildman–Crippen LogP) is 1.85. The molecule has 2 aromatic rings. The van der Waals surface area contributed by atoms with Gasteiger partial charge >= 0.3 is 6.03 Å². The largest absolute Gasteiger partial charge is 0.370 e. The number of carbonyl (C=O) groups is 1. The highest BCUT2D eigenvalue weighted by molar-refractivity contribution is 5.89. The molecule has 0 bridgehead atoms. The Kier molecular flexibility index (Phi) is 6.04. The molecule has 0 aromatic heterocycles. The van der Waals surface area contributed by atoms with Crippen molar-refractivity contribution in [3.8, 4) is 0 Å². The summed E-state index contributed by atoms with van der Waals surface area (Å²) in [6.07, 6.45) is 0. The Bertz CT molecular complexity index is 657. The van der Waals surface area contributed by atoms with Crippen molar-refractivity contribution < 1.29 is 14.4 Å². The van der Waals surface area contributed by atoms with Gasteiger partial charge in [-0.1, -0.05) is 48.5 Å². The Morgan fingerprint density at radius 1 is 1.00 bits per heavy atom. The van der Waals surface area contributed by atoms with E-state index in [-0.39, 0.29) is 18.1 Å². The summed E-state index contributed by atoms with van der Waals surface area (Å²) >= 11 is 0. The Balaban J connectivity index is 1.70. The van der Waals surface area contributed by atoms with Gasteiger partial charge in [0, 0.05) is 11.3 Å². The molecule has 2 atom stereocenters. The molecule has 5 heteroatoms. The van der Waals surface area contributed by atoms with Crippen LogP contribution in [0.1, 0.15) is 18.5 Å². The molecule has 1 fully saturated rings. The molecule has 0 saturated carbocycles. The highest BCUT2D eigenvalue weighted by Crippen LogP contribution is 2.14. The fourth-order valence-electron chi connectivity index (χ4n) is 3.46. The zero-order valence-corrected chi connectivity index (χ0v) is 14.6. The number of hydrogen-bond acceptors (Lipinski definition) is 2. The average molecular weight is 340 g/mol. The second kappa shape index (κ2) is 8.65. The van der Waals surface area contributed by atoms with Crippen LogP contribution in [0, 0.1) is 0 Å². The van der Waals surface area contributed by atoms with E-state index >= 15 is 0 Å². The van der Waals surface area contributed by atoms with Crippen molar-refractivity contribution in [1.82, 2.24) is 5.32 Å². The van der Waals surface area contributed by atoms with Crippen LogP contribution in [0.3, 0.4) is 0 Å². The van der Waals surface area contributed by atoms with Crippen LogP contribution >= 0.6 is 0 Å². The fraction of sp³-hybridized carbons (Fsp3) is 0.350. The van der Waals surface area contributed by atoms with E-state index in [0.29, 0.717) is 0 Å². The van der Waals surface area contributed by atoms with Gasteiger partial charge in [-0.2, -0.15) is 0 Å². The molecule has 3 N–H and O–H groups in total. The third kappa shape index (κ3) is 4.81. The molecule has 0 radical (unpaired) electrons.